The molecule has 4 N–H and O–H groups in total. The van der Waals surface area contributed by atoms with E-state index in [1.807, 2.05) is 45.0 Å². The van der Waals surface area contributed by atoms with Crippen molar-refractivity contribution in [2.24, 2.45) is 11.7 Å². The van der Waals surface area contributed by atoms with Gasteiger partial charge in [0.15, 0.2) is 0 Å². The van der Waals surface area contributed by atoms with E-state index in [4.69, 9.17) is 10.2 Å². The molecule has 0 saturated heterocycles. The SMILES string of the molecule is Cc1c(C(NC(=O)C(C)NC(N)=O)C(C)C)oc2ccccc12. The van der Waals surface area contributed by atoms with Crippen molar-refractivity contribution >= 4 is 22.9 Å². The van der Waals surface area contributed by atoms with Gasteiger partial charge in [0, 0.05) is 10.9 Å². The number of nitrogens with two attached hydrogens (primary N) is 1. The number of carbonyl (C=O) groups excluding carboxylic acids is 2. The summed E-state index contributed by atoms with van der Waals surface area (Å²) in [7, 11) is 0. The molecule has 2 rings (SSSR count). The van der Waals surface area contributed by atoms with Crippen LogP contribution in [0.25, 0.3) is 11.0 Å². The van der Waals surface area contributed by atoms with E-state index in [-0.39, 0.29) is 17.9 Å². The number of carbonyl (C=O) groups is 2. The number of primary amides is 1. The lowest BCUT2D eigenvalue weighted by Crippen LogP contribution is -2.48. The molecule has 23 heavy (non-hydrogen) atoms. The highest BCUT2D eigenvalue weighted by atomic mass is 16.3. The van der Waals surface area contributed by atoms with Crippen molar-refractivity contribution in [2.45, 2.75) is 39.8 Å². The number of benzene rings is 1. The number of furan rings is 1. The summed E-state index contributed by atoms with van der Waals surface area (Å²) in [6.07, 6.45) is 0. The van der Waals surface area contributed by atoms with Crippen molar-refractivity contribution in [3.05, 3.63) is 35.6 Å². The summed E-state index contributed by atoms with van der Waals surface area (Å²) in [4.78, 5) is 23.2. The zero-order chi connectivity index (χ0) is 17.1. The van der Waals surface area contributed by atoms with Crippen LogP contribution in [0.4, 0.5) is 4.79 Å². The molecule has 1 aromatic heterocycles. The first-order chi connectivity index (χ1) is 10.8. The Morgan fingerprint density at radius 1 is 1.13 bits per heavy atom. The third-order valence-electron chi connectivity index (χ3n) is 3.88. The van der Waals surface area contributed by atoms with E-state index >= 15 is 0 Å². The normalized spacial score (nSPS) is 13.8. The summed E-state index contributed by atoms with van der Waals surface area (Å²) in [5, 5.41) is 6.35. The highest BCUT2D eigenvalue weighted by Gasteiger charge is 2.27. The van der Waals surface area contributed by atoms with Gasteiger partial charge in [-0.3, -0.25) is 4.79 Å². The minimum absolute atomic E-state index is 0.124. The molecule has 6 heteroatoms. The van der Waals surface area contributed by atoms with Crippen LogP contribution in [0.3, 0.4) is 0 Å². The Morgan fingerprint density at radius 3 is 2.35 bits per heavy atom. The Kier molecular flexibility index (Phi) is 4.93. The minimum atomic E-state index is -0.728. The van der Waals surface area contributed by atoms with Crippen LogP contribution in [0.5, 0.6) is 0 Å². The van der Waals surface area contributed by atoms with Gasteiger partial charge in [0.25, 0.3) is 0 Å². The lowest BCUT2D eigenvalue weighted by molar-refractivity contribution is -0.123. The van der Waals surface area contributed by atoms with Crippen molar-refractivity contribution in [2.75, 3.05) is 0 Å². The summed E-state index contributed by atoms with van der Waals surface area (Å²) in [5.74, 6) is 0.558. The second kappa shape index (κ2) is 6.73. The van der Waals surface area contributed by atoms with Crippen molar-refractivity contribution in [1.82, 2.24) is 10.6 Å². The fourth-order valence-corrected chi connectivity index (χ4v) is 2.58. The number of aryl methyl sites for hydroxylation is 1. The first-order valence-corrected chi connectivity index (χ1v) is 7.65. The highest BCUT2D eigenvalue weighted by molar-refractivity contribution is 5.87. The van der Waals surface area contributed by atoms with Crippen molar-refractivity contribution in [3.63, 3.8) is 0 Å². The highest BCUT2D eigenvalue weighted by Crippen LogP contribution is 2.32. The fourth-order valence-electron chi connectivity index (χ4n) is 2.58. The number of fused-ring (bicyclic) bond motifs is 1. The molecule has 0 aliphatic carbocycles. The lowest BCUT2D eigenvalue weighted by atomic mass is 9.98. The second-order valence-corrected chi connectivity index (χ2v) is 6.05. The number of para-hydroxylation sites is 1. The summed E-state index contributed by atoms with van der Waals surface area (Å²) < 4.78 is 5.96. The molecule has 1 heterocycles. The van der Waals surface area contributed by atoms with Gasteiger partial charge in [-0.2, -0.15) is 0 Å². The Labute approximate surface area is 135 Å². The molecule has 124 valence electrons. The van der Waals surface area contributed by atoms with Gasteiger partial charge < -0.3 is 20.8 Å². The van der Waals surface area contributed by atoms with Gasteiger partial charge in [-0.25, -0.2) is 4.79 Å². The van der Waals surface area contributed by atoms with E-state index in [0.29, 0.717) is 0 Å². The van der Waals surface area contributed by atoms with Crippen molar-refractivity contribution in [3.8, 4) is 0 Å². The van der Waals surface area contributed by atoms with Crippen molar-refractivity contribution in [1.29, 1.82) is 0 Å². The Bertz CT molecular complexity index is 721. The predicted octanol–water partition coefficient (Wildman–Crippen LogP) is 2.61. The molecule has 0 radical (unpaired) electrons. The molecule has 0 saturated carbocycles. The molecule has 6 nitrogen and oxygen atoms in total. The molecule has 2 atom stereocenters. The zero-order valence-corrected chi connectivity index (χ0v) is 13.8. The van der Waals surface area contributed by atoms with Crippen LogP contribution in [-0.4, -0.2) is 18.0 Å². The minimum Gasteiger partial charge on any atom is -0.459 e. The van der Waals surface area contributed by atoms with Crippen LogP contribution in [0.2, 0.25) is 0 Å². The maximum atomic E-state index is 12.3. The maximum absolute atomic E-state index is 12.3. The molecule has 2 unspecified atom stereocenters. The summed E-state index contributed by atoms with van der Waals surface area (Å²) in [5.41, 5.74) is 6.86. The zero-order valence-electron chi connectivity index (χ0n) is 13.8. The van der Waals surface area contributed by atoms with E-state index in [1.165, 1.54) is 0 Å². The van der Waals surface area contributed by atoms with Crippen LogP contribution in [0, 0.1) is 12.8 Å². The Morgan fingerprint density at radius 2 is 1.78 bits per heavy atom. The summed E-state index contributed by atoms with van der Waals surface area (Å²) in [6.45, 7) is 7.57. The Balaban J connectivity index is 2.29. The van der Waals surface area contributed by atoms with Crippen LogP contribution >= 0.6 is 0 Å². The van der Waals surface area contributed by atoms with Crippen LogP contribution in [-0.2, 0) is 4.79 Å². The first-order valence-electron chi connectivity index (χ1n) is 7.65. The molecule has 2 aromatic rings. The number of hydrogen-bond donors (Lipinski definition) is 3. The average molecular weight is 317 g/mol. The molecule has 0 aliphatic heterocycles. The smallest absolute Gasteiger partial charge is 0.312 e. The molecule has 0 spiro atoms. The first kappa shape index (κ1) is 16.9. The molecule has 3 amide bonds. The number of amides is 3. The van der Waals surface area contributed by atoms with Gasteiger partial charge in [0.1, 0.15) is 17.4 Å². The number of rotatable bonds is 5. The van der Waals surface area contributed by atoms with E-state index in [2.05, 4.69) is 10.6 Å². The van der Waals surface area contributed by atoms with Crippen LogP contribution in [0.15, 0.2) is 28.7 Å². The van der Waals surface area contributed by atoms with Gasteiger partial charge in [0.05, 0.1) is 6.04 Å². The van der Waals surface area contributed by atoms with Gasteiger partial charge in [-0.1, -0.05) is 32.0 Å². The second-order valence-electron chi connectivity index (χ2n) is 6.05. The van der Waals surface area contributed by atoms with E-state index in [0.717, 1.165) is 22.3 Å². The molecular weight excluding hydrogens is 294 g/mol. The number of nitrogens with one attached hydrogen (secondary N) is 2. The average Bonchev–Trinajstić information content (AvgIpc) is 2.81. The Hall–Kier alpha value is -2.50. The van der Waals surface area contributed by atoms with Gasteiger partial charge in [0.2, 0.25) is 5.91 Å². The van der Waals surface area contributed by atoms with Gasteiger partial charge in [-0.05, 0) is 25.8 Å². The van der Waals surface area contributed by atoms with Crippen LogP contribution in [0.1, 0.15) is 38.1 Å². The standard InChI is InChI=1S/C17H23N3O3/c1-9(2)14(20-16(21)11(4)19-17(18)22)15-10(3)12-7-5-6-8-13(12)23-15/h5-9,11,14H,1-4H3,(H,20,21)(H3,18,19,22). The molecular formula is C17H23N3O3. The largest absolute Gasteiger partial charge is 0.459 e. The number of hydrogen-bond acceptors (Lipinski definition) is 3. The molecule has 0 fully saturated rings. The monoisotopic (exact) mass is 317 g/mol. The predicted molar refractivity (Wildman–Crippen MR) is 88.9 cm³/mol. The molecule has 0 bridgehead atoms. The van der Waals surface area contributed by atoms with E-state index < -0.39 is 12.1 Å². The quantitative estimate of drug-likeness (QED) is 0.790. The van der Waals surface area contributed by atoms with Gasteiger partial charge >= 0.3 is 6.03 Å². The van der Waals surface area contributed by atoms with Crippen molar-refractivity contribution < 1.29 is 14.0 Å². The number of urea groups is 1. The maximum Gasteiger partial charge on any atom is 0.312 e. The van der Waals surface area contributed by atoms with Gasteiger partial charge in [-0.15, -0.1) is 0 Å². The third kappa shape index (κ3) is 3.64. The van der Waals surface area contributed by atoms with E-state index in [1.54, 1.807) is 6.92 Å². The van der Waals surface area contributed by atoms with Crippen LogP contribution < -0.4 is 16.4 Å². The summed E-state index contributed by atoms with van der Waals surface area (Å²) in [6, 6.07) is 6.04. The van der Waals surface area contributed by atoms with E-state index in [9.17, 15) is 9.59 Å². The lowest BCUT2D eigenvalue weighted by Gasteiger charge is -2.23. The summed E-state index contributed by atoms with van der Waals surface area (Å²) >= 11 is 0. The fraction of sp³-hybridized carbons (Fsp3) is 0.412. The topological polar surface area (TPSA) is 97.4 Å². The molecule has 0 aliphatic rings. The molecule has 1 aromatic carbocycles. The third-order valence-corrected chi connectivity index (χ3v) is 3.88.